The molecule has 2 aromatic carbocycles. The fourth-order valence-corrected chi connectivity index (χ4v) is 3.55. The van der Waals surface area contributed by atoms with Gasteiger partial charge in [0.2, 0.25) is 11.7 Å². The smallest absolute Gasteiger partial charge is 0.306 e. The topological polar surface area (TPSA) is 85.1 Å². The van der Waals surface area contributed by atoms with Crippen LogP contribution >= 0.6 is 11.3 Å². The first-order valence-electron chi connectivity index (χ1n) is 8.11. The summed E-state index contributed by atoms with van der Waals surface area (Å²) in [6.07, 6.45) is 2.58. The zero-order valence-electron chi connectivity index (χ0n) is 13.8. The number of nitrogens with one attached hydrogen (secondary N) is 1. The predicted molar refractivity (Wildman–Crippen MR) is 98.9 cm³/mol. The van der Waals surface area contributed by atoms with E-state index in [1.165, 1.54) is 6.07 Å². The minimum Gasteiger partial charge on any atom is -0.326 e. The number of aromatic nitrogens is 1. The van der Waals surface area contributed by atoms with Gasteiger partial charge in [-0.05, 0) is 43.5 Å². The average Bonchev–Trinajstić information content (AvgIpc) is 3.03. The molecule has 3 rings (SSSR count). The minimum atomic E-state index is -0.927. The number of thiazole rings is 1. The first-order valence-corrected chi connectivity index (χ1v) is 8.93. The summed E-state index contributed by atoms with van der Waals surface area (Å²) < 4.78 is 14.4. The molecule has 0 atom stereocenters. The van der Waals surface area contributed by atoms with Gasteiger partial charge in [-0.2, -0.15) is 4.39 Å². The van der Waals surface area contributed by atoms with Crippen molar-refractivity contribution in [2.75, 3.05) is 5.32 Å². The van der Waals surface area contributed by atoms with Crippen LogP contribution in [0, 0.1) is 15.9 Å². The molecule has 1 aromatic heterocycles. The van der Waals surface area contributed by atoms with Crippen molar-refractivity contribution < 1.29 is 14.1 Å². The van der Waals surface area contributed by atoms with Gasteiger partial charge in [-0.1, -0.05) is 12.1 Å². The van der Waals surface area contributed by atoms with Crippen LogP contribution in [0.1, 0.15) is 24.3 Å². The number of halogens is 1. The molecule has 26 heavy (non-hydrogen) atoms. The third kappa shape index (κ3) is 4.40. The second-order valence-corrected chi connectivity index (χ2v) is 6.87. The number of nitro benzene ring substituents is 1. The van der Waals surface area contributed by atoms with E-state index in [2.05, 4.69) is 10.3 Å². The lowest BCUT2D eigenvalue weighted by molar-refractivity contribution is -0.387. The predicted octanol–water partition coefficient (Wildman–Crippen LogP) is 4.70. The molecule has 0 saturated heterocycles. The number of unbranched alkanes of at least 4 members (excludes halogenated alkanes) is 1. The van der Waals surface area contributed by atoms with E-state index >= 15 is 0 Å². The number of hydrogen-bond donors (Lipinski definition) is 1. The molecule has 1 amide bonds. The van der Waals surface area contributed by atoms with Gasteiger partial charge in [0.15, 0.2) is 0 Å². The van der Waals surface area contributed by atoms with Gasteiger partial charge in [0, 0.05) is 18.2 Å². The van der Waals surface area contributed by atoms with E-state index in [9.17, 15) is 19.3 Å². The number of benzene rings is 2. The first kappa shape index (κ1) is 17.9. The molecule has 0 bridgehead atoms. The highest BCUT2D eigenvalue weighted by atomic mass is 32.1. The Balaban J connectivity index is 1.47. The van der Waals surface area contributed by atoms with Crippen molar-refractivity contribution in [1.29, 1.82) is 0 Å². The van der Waals surface area contributed by atoms with Gasteiger partial charge in [-0.25, -0.2) is 4.98 Å². The third-order valence-electron chi connectivity index (χ3n) is 3.81. The average molecular weight is 373 g/mol. The van der Waals surface area contributed by atoms with Gasteiger partial charge in [0.25, 0.3) is 0 Å². The van der Waals surface area contributed by atoms with Crippen molar-refractivity contribution in [3.8, 4) is 0 Å². The standard InChI is InChI=1S/C18H16FN3O3S/c19-13-10-9-12(11-15(13)22(24)25)20-17(23)7-3-4-8-18-21-14-5-1-2-6-16(14)26-18/h1-2,5-6,9-11H,3-4,7-8H2,(H,20,23). The van der Waals surface area contributed by atoms with Crippen molar-refractivity contribution in [1.82, 2.24) is 4.98 Å². The molecular weight excluding hydrogens is 357 g/mol. The SMILES string of the molecule is O=C(CCCCc1nc2ccccc2s1)Nc1ccc(F)c([N+](=O)[O-])c1. The molecule has 134 valence electrons. The highest BCUT2D eigenvalue weighted by Crippen LogP contribution is 2.23. The van der Waals surface area contributed by atoms with Crippen LogP contribution in [0.25, 0.3) is 10.2 Å². The van der Waals surface area contributed by atoms with Crippen LogP contribution in [0.15, 0.2) is 42.5 Å². The van der Waals surface area contributed by atoms with Gasteiger partial charge in [-0.15, -0.1) is 11.3 Å². The van der Waals surface area contributed by atoms with Gasteiger partial charge < -0.3 is 5.32 Å². The van der Waals surface area contributed by atoms with Gasteiger partial charge >= 0.3 is 5.69 Å². The summed E-state index contributed by atoms with van der Waals surface area (Å²) in [7, 11) is 0. The van der Waals surface area contributed by atoms with E-state index in [4.69, 9.17) is 0 Å². The summed E-state index contributed by atoms with van der Waals surface area (Å²) in [5.74, 6) is -1.18. The van der Waals surface area contributed by atoms with E-state index < -0.39 is 16.4 Å². The molecule has 0 saturated carbocycles. The van der Waals surface area contributed by atoms with Crippen LogP contribution in [0.5, 0.6) is 0 Å². The zero-order chi connectivity index (χ0) is 18.5. The minimum absolute atomic E-state index is 0.217. The second-order valence-electron chi connectivity index (χ2n) is 5.75. The molecule has 6 nitrogen and oxygen atoms in total. The number of hydrogen-bond acceptors (Lipinski definition) is 5. The molecule has 1 N–H and O–H groups in total. The van der Waals surface area contributed by atoms with Crippen LogP contribution in [0.2, 0.25) is 0 Å². The quantitative estimate of drug-likeness (QED) is 0.370. The van der Waals surface area contributed by atoms with Crippen LogP contribution in [-0.4, -0.2) is 15.8 Å². The molecule has 0 aliphatic carbocycles. The number of para-hydroxylation sites is 1. The molecular formula is C18H16FN3O3S. The van der Waals surface area contributed by atoms with Crippen LogP contribution in [0.4, 0.5) is 15.8 Å². The van der Waals surface area contributed by atoms with Crippen molar-refractivity contribution in [2.24, 2.45) is 0 Å². The largest absolute Gasteiger partial charge is 0.326 e. The second kappa shape index (κ2) is 8.01. The molecule has 3 aromatic rings. The Bertz CT molecular complexity index is 925. The molecule has 0 spiro atoms. The summed E-state index contributed by atoms with van der Waals surface area (Å²) in [6.45, 7) is 0. The van der Waals surface area contributed by atoms with Gasteiger partial charge in [0.1, 0.15) is 0 Å². The van der Waals surface area contributed by atoms with E-state index in [-0.39, 0.29) is 18.0 Å². The van der Waals surface area contributed by atoms with E-state index in [0.29, 0.717) is 6.42 Å². The lowest BCUT2D eigenvalue weighted by Crippen LogP contribution is -2.11. The maximum absolute atomic E-state index is 13.3. The number of carbonyl (C=O) groups is 1. The number of fused-ring (bicyclic) bond motifs is 1. The zero-order valence-corrected chi connectivity index (χ0v) is 14.6. The van der Waals surface area contributed by atoms with Crippen LogP contribution in [0.3, 0.4) is 0 Å². The highest BCUT2D eigenvalue weighted by Gasteiger charge is 2.15. The lowest BCUT2D eigenvalue weighted by atomic mass is 10.2. The number of nitro groups is 1. The first-order chi connectivity index (χ1) is 12.5. The number of rotatable bonds is 7. The number of amides is 1. The van der Waals surface area contributed by atoms with E-state index in [0.717, 1.165) is 40.2 Å². The summed E-state index contributed by atoms with van der Waals surface area (Å²) >= 11 is 1.65. The summed E-state index contributed by atoms with van der Waals surface area (Å²) in [5.41, 5.74) is 0.552. The van der Waals surface area contributed by atoms with E-state index in [1.54, 1.807) is 11.3 Å². The summed E-state index contributed by atoms with van der Waals surface area (Å²) in [4.78, 5) is 26.4. The molecule has 0 radical (unpaired) electrons. The van der Waals surface area contributed by atoms with Crippen LogP contribution < -0.4 is 5.32 Å². The van der Waals surface area contributed by atoms with Crippen molar-refractivity contribution in [3.63, 3.8) is 0 Å². The molecule has 0 aliphatic rings. The normalized spacial score (nSPS) is 10.8. The lowest BCUT2D eigenvalue weighted by Gasteiger charge is -2.05. The van der Waals surface area contributed by atoms with Crippen molar-refractivity contribution in [2.45, 2.75) is 25.7 Å². The third-order valence-corrected chi connectivity index (χ3v) is 4.91. The molecule has 0 unspecified atom stereocenters. The number of nitrogens with zero attached hydrogens (tertiary/aromatic N) is 2. The molecule has 0 fully saturated rings. The van der Waals surface area contributed by atoms with Gasteiger partial charge in [0.05, 0.1) is 20.1 Å². The Labute approximate surface area is 152 Å². The molecule has 8 heteroatoms. The Morgan fingerprint density at radius 2 is 2.04 bits per heavy atom. The Hall–Kier alpha value is -2.87. The monoisotopic (exact) mass is 373 g/mol. The summed E-state index contributed by atoms with van der Waals surface area (Å²) in [5, 5.41) is 14.3. The number of aryl methyl sites for hydroxylation is 1. The van der Waals surface area contributed by atoms with Crippen LogP contribution in [-0.2, 0) is 11.2 Å². The number of carbonyl (C=O) groups excluding carboxylic acids is 1. The van der Waals surface area contributed by atoms with Crippen molar-refractivity contribution in [3.05, 3.63) is 63.4 Å². The Morgan fingerprint density at radius 3 is 2.81 bits per heavy atom. The Kier molecular flexibility index (Phi) is 5.52. The van der Waals surface area contributed by atoms with Gasteiger partial charge in [-0.3, -0.25) is 14.9 Å². The molecule has 0 aliphatic heterocycles. The maximum atomic E-state index is 13.3. The van der Waals surface area contributed by atoms with E-state index in [1.807, 2.05) is 24.3 Å². The fraction of sp³-hybridized carbons (Fsp3) is 0.222. The number of anilines is 1. The van der Waals surface area contributed by atoms with Crippen molar-refractivity contribution >= 4 is 38.8 Å². The Morgan fingerprint density at radius 1 is 1.23 bits per heavy atom. The fourth-order valence-electron chi connectivity index (χ4n) is 2.54. The summed E-state index contributed by atoms with van der Waals surface area (Å²) in [6, 6.07) is 11.2. The highest BCUT2D eigenvalue weighted by molar-refractivity contribution is 7.18. The maximum Gasteiger partial charge on any atom is 0.306 e. The molecule has 1 heterocycles.